The lowest BCUT2D eigenvalue weighted by Gasteiger charge is -2.10. The van der Waals surface area contributed by atoms with Gasteiger partial charge in [-0.05, 0) is 24.6 Å². The van der Waals surface area contributed by atoms with E-state index in [1.165, 1.54) is 0 Å². The van der Waals surface area contributed by atoms with E-state index in [-0.39, 0.29) is 25.2 Å². The molecule has 0 atom stereocenters. The zero-order valence-corrected chi connectivity index (χ0v) is 11.6. The molecule has 0 saturated heterocycles. The Kier molecular flexibility index (Phi) is 5.55. The van der Waals surface area contributed by atoms with E-state index in [0.717, 1.165) is 18.2 Å². The molecule has 1 aromatic rings. The van der Waals surface area contributed by atoms with Crippen LogP contribution in [-0.2, 0) is 16.2 Å². The first-order valence-electron chi connectivity index (χ1n) is 5.80. The van der Waals surface area contributed by atoms with Crippen LogP contribution in [0.3, 0.4) is 0 Å². The molecule has 0 aliphatic carbocycles. The molecule has 1 rings (SSSR count). The lowest BCUT2D eigenvalue weighted by Crippen LogP contribution is -2.26. The molecular weight excluding hydrogens is 311 g/mol. The summed E-state index contributed by atoms with van der Waals surface area (Å²) in [6, 6.07) is 3.44. The van der Waals surface area contributed by atoms with Crippen LogP contribution in [0.25, 0.3) is 0 Å². The third kappa shape index (κ3) is 5.23. The van der Waals surface area contributed by atoms with E-state index < -0.39 is 26.7 Å². The van der Waals surface area contributed by atoms with Crippen LogP contribution in [0.15, 0.2) is 34.3 Å². The number of hydrogen-bond acceptors (Lipinski definition) is 4. The second-order valence-electron chi connectivity index (χ2n) is 4.12. The molecule has 21 heavy (non-hydrogen) atoms. The SMILES string of the molecule is NC(CCCNS(=O)(=O)c1cccc(C(F)(F)F)c1)=NO. The Bertz CT molecular complexity index is 615. The standard InChI is InChI=1S/C11H14F3N3O3S/c12-11(13,14)8-3-1-4-9(7-8)21(19,20)16-6-2-5-10(15)17-18/h1,3-4,7,16,18H,2,5-6H2,(H2,15,17). The molecule has 0 spiro atoms. The normalized spacial score (nSPS) is 13.4. The fraction of sp³-hybridized carbons (Fsp3) is 0.364. The Morgan fingerprint density at radius 2 is 2.05 bits per heavy atom. The van der Waals surface area contributed by atoms with Gasteiger partial charge in [0.15, 0.2) is 0 Å². The molecular formula is C11H14F3N3O3S. The monoisotopic (exact) mass is 325 g/mol. The van der Waals surface area contributed by atoms with Crippen molar-refractivity contribution in [2.75, 3.05) is 6.54 Å². The molecule has 0 aliphatic rings. The van der Waals surface area contributed by atoms with E-state index >= 15 is 0 Å². The Morgan fingerprint density at radius 3 is 2.62 bits per heavy atom. The van der Waals surface area contributed by atoms with Crippen molar-refractivity contribution < 1.29 is 26.8 Å². The maximum Gasteiger partial charge on any atom is 0.416 e. The van der Waals surface area contributed by atoms with Crippen molar-refractivity contribution in [2.24, 2.45) is 10.9 Å². The molecule has 0 amide bonds. The van der Waals surface area contributed by atoms with Gasteiger partial charge in [-0.25, -0.2) is 13.1 Å². The van der Waals surface area contributed by atoms with E-state index in [1.807, 2.05) is 0 Å². The molecule has 0 unspecified atom stereocenters. The molecule has 0 radical (unpaired) electrons. The van der Waals surface area contributed by atoms with Gasteiger partial charge in [0.1, 0.15) is 5.84 Å². The summed E-state index contributed by atoms with van der Waals surface area (Å²) in [6.45, 7) is -0.0468. The van der Waals surface area contributed by atoms with Crippen molar-refractivity contribution in [1.29, 1.82) is 0 Å². The van der Waals surface area contributed by atoms with Gasteiger partial charge in [0.25, 0.3) is 0 Å². The quantitative estimate of drug-likeness (QED) is 0.242. The van der Waals surface area contributed by atoms with Gasteiger partial charge in [-0.2, -0.15) is 13.2 Å². The van der Waals surface area contributed by atoms with Gasteiger partial charge in [0.2, 0.25) is 10.0 Å². The fourth-order valence-electron chi connectivity index (χ4n) is 1.45. The summed E-state index contributed by atoms with van der Waals surface area (Å²) >= 11 is 0. The summed E-state index contributed by atoms with van der Waals surface area (Å²) in [5, 5.41) is 11.0. The third-order valence-corrected chi connectivity index (χ3v) is 3.96. The zero-order valence-electron chi connectivity index (χ0n) is 10.8. The molecule has 118 valence electrons. The number of benzene rings is 1. The second kappa shape index (κ2) is 6.76. The van der Waals surface area contributed by atoms with Gasteiger partial charge >= 0.3 is 6.18 Å². The number of hydrogen-bond donors (Lipinski definition) is 3. The molecule has 4 N–H and O–H groups in total. The highest BCUT2D eigenvalue weighted by atomic mass is 32.2. The summed E-state index contributed by atoms with van der Waals surface area (Å²) in [5.41, 5.74) is 4.16. The number of nitrogens with one attached hydrogen (secondary N) is 1. The average molecular weight is 325 g/mol. The fourth-order valence-corrected chi connectivity index (χ4v) is 2.57. The first-order chi connectivity index (χ1) is 9.66. The van der Waals surface area contributed by atoms with Crippen molar-refractivity contribution in [1.82, 2.24) is 4.72 Å². The van der Waals surface area contributed by atoms with Crippen LogP contribution in [0, 0.1) is 0 Å². The molecule has 1 aromatic carbocycles. The largest absolute Gasteiger partial charge is 0.416 e. The van der Waals surface area contributed by atoms with Crippen molar-refractivity contribution >= 4 is 15.9 Å². The lowest BCUT2D eigenvalue weighted by atomic mass is 10.2. The van der Waals surface area contributed by atoms with E-state index in [4.69, 9.17) is 10.9 Å². The first kappa shape index (κ1) is 17.2. The van der Waals surface area contributed by atoms with E-state index in [2.05, 4.69) is 9.88 Å². The number of oxime groups is 1. The van der Waals surface area contributed by atoms with Crippen LogP contribution in [0.5, 0.6) is 0 Å². The van der Waals surface area contributed by atoms with Gasteiger partial charge < -0.3 is 10.9 Å². The van der Waals surface area contributed by atoms with Crippen LogP contribution in [-0.4, -0.2) is 26.0 Å². The average Bonchev–Trinajstić information content (AvgIpc) is 2.42. The van der Waals surface area contributed by atoms with Gasteiger partial charge in [-0.1, -0.05) is 11.2 Å². The summed E-state index contributed by atoms with van der Waals surface area (Å²) in [5.74, 6) is -0.0618. The minimum absolute atomic E-state index is 0.0468. The zero-order chi connectivity index (χ0) is 16.1. The molecule has 0 aromatic heterocycles. The number of nitrogens with zero attached hydrogens (tertiary/aromatic N) is 1. The Hall–Kier alpha value is -1.81. The second-order valence-corrected chi connectivity index (χ2v) is 5.89. The van der Waals surface area contributed by atoms with Crippen molar-refractivity contribution in [3.8, 4) is 0 Å². The minimum atomic E-state index is -4.61. The summed E-state index contributed by atoms with van der Waals surface area (Å²) in [4.78, 5) is -0.471. The number of halogens is 3. The molecule has 10 heteroatoms. The molecule has 0 saturated carbocycles. The highest BCUT2D eigenvalue weighted by Crippen LogP contribution is 2.30. The third-order valence-electron chi connectivity index (χ3n) is 2.50. The van der Waals surface area contributed by atoms with Crippen LogP contribution < -0.4 is 10.5 Å². The van der Waals surface area contributed by atoms with E-state index in [0.29, 0.717) is 6.07 Å². The number of sulfonamides is 1. The van der Waals surface area contributed by atoms with Gasteiger partial charge in [0, 0.05) is 13.0 Å². The molecule has 6 nitrogen and oxygen atoms in total. The van der Waals surface area contributed by atoms with Crippen molar-refractivity contribution in [3.63, 3.8) is 0 Å². The predicted molar refractivity (Wildman–Crippen MR) is 69.3 cm³/mol. The van der Waals surface area contributed by atoms with Crippen molar-refractivity contribution in [2.45, 2.75) is 23.9 Å². The van der Waals surface area contributed by atoms with Crippen LogP contribution in [0.4, 0.5) is 13.2 Å². The van der Waals surface area contributed by atoms with Crippen molar-refractivity contribution in [3.05, 3.63) is 29.8 Å². The minimum Gasteiger partial charge on any atom is -0.409 e. The summed E-state index contributed by atoms with van der Waals surface area (Å²) in [6.07, 6.45) is -4.22. The van der Waals surface area contributed by atoms with Crippen LogP contribution in [0.1, 0.15) is 18.4 Å². The molecule has 0 heterocycles. The topological polar surface area (TPSA) is 105 Å². The van der Waals surface area contributed by atoms with Crippen LogP contribution in [0.2, 0.25) is 0 Å². The first-order valence-corrected chi connectivity index (χ1v) is 7.28. The Morgan fingerprint density at radius 1 is 1.38 bits per heavy atom. The van der Waals surface area contributed by atoms with Gasteiger partial charge in [0.05, 0.1) is 10.5 Å². The maximum absolute atomic E-state index is 12.5. The number of alkyl halides is 3. The lowest BCUT2D eigenvalue weighted by molar-refractivity contribution is -0.137. The molecule has 0 fully saturated rings. The number of amidine groups is 1. The highest BCUT2D eigenvalue weighted by molar-refractivity contribution is 7.89. The maximum atomic E-state index is 12.5. The smallest absolute Gasteiger partial charge is 0.409 e. The van der Waals surface area contributed by atoms with E-state index in [9.17, 15) is 21.6 Å². The summed E-state index contributed by atoms with van der Waals surface area (Å²) in [7, 11) is -4.04. The van der Waals surface area contributed by atoms with E-state index in [1.54, 1.807) is 0 Å². The summed E-state index contributed by atoms with van der Waals surface area (Å²) < 4.78 is 63.4. The van der Waals surface area contributed by atoms with Gasteiger partial charge in [-0.15, -0.1) is 0 Å². The number of nitrogens with two attached hydrogens (primary N) is 1. The molecule has 0 aliphatic heterocycles. The Labute approximate surface area is 119 Å². The highest BCUT2D eigenvalue weighted by Gasteiger charge is 2.31. The predicted octanol–water partition coefficient (Wildman–Crippen LogP) is 1.51. The Balaban J connectivity index is 2.75. The van der Waals surface area contributed by atoms with Gasteiger partial charge in [-0.3, -0.25) is 0 Å². The van der Waals surface area contributed by atoms with Crippen LogP contribution >= 0.6 is 0 Å². The number of rotatable bonds is 6. The molecule has 0 bridgehead atoms.